The van der Waals surface area contributed by atoms with Crippen molar-refractivity contribution in [2.45, 2.75) is 38.3 Å². The van der Waals surface area contributed by atoms with Crippen molar-refractivity contribution in [3.63, 3.8) is 0 Å². The van der Waals surface area contributed by atoms with Crippen molar-refractivity contribution in [2.75, 3.05) is 32.8 Å². The fraction of sp³-hybridized carbons (Fsp3) is 0.550. The van der Waals surface area contributed by atoms with Crippen molar-refractivity contribution < 1.29 is 14.3 Å². The van der Waals surface area contributed by atoms with E-state index in [1.54, 1.807) is 40.3 Å². The number of aryl methyl sites for hydroxylation is 1. The molecular weight excluding hydrogens is 372 g/mol. The number of ether oxygens (including phenoxy) is 1. The van der Waals surface area contributed by atoms with Gasteiger partial charge in [0.1, 0.15) is 0 Å². The summed E-state index contributed by atoms with van der Waals surface area (Å²) in [5.41, 5.74) is 1.03. The van der Waals surface area contributed by atoms with E-state index >= 15 is 0 Å². The Hall–Kier alpha value is -2.81. The Bertz CT molecular complexity index is 834. The average molecular weight is 398 g/mol. The molecule has 0 bridgehead atoms. The van der Waals surface area contributed by atoms with Gasteiger partial charge in [-0.25, -0.2) is 0 Å². The highest BCUT2D eigenvalue weighted by atomic mass is 16.5. The molecule has 2 aromatic heterocycles. The van der Waals surface area contributed by atoms with Crippen LogP contribution in [0.4, 0.5) is 0 Å². The zero-order chi connectivity index (χ0) is 20.1. The predicted octanol–water partition coefficient (Wildman–Crippen LogP) is 1.23. The summed E-state index contributed by atoms with van der Waals surface area (Å²) >= 11 is 0. The number of hydrogen-bond acceptors (Lipinski definition) is 6. The Kier molecular flexibility index (Phi) is 6.14. The van der Waals surface area contributed by atoms with Gasteiger partial charge >= 0.3 is 0 Å². The molecule has 0 radical (unpaired) electrons. The fourth-order valence-corrected chi connectivity index (χ4v) is 3.94. The fourth-order valence-electron chi connectivity index (χ4n) is 3.94. The molecule has 0 aliphatic carbocycles. The molecule has 0 N–H and O–H groups in total. The molecule has 2 fully saturated rings. The maximum absolute atomic E-state index is 12.9. The van der Waals surface area contributed by atoms with E-state index in [1.807, 2.05) is 4.90 Å². The molecule has 2 saturated heterocycles. The Labute approximate surface area is 169 Å². The van der Waals surface area contributed by atoms with Crippen LogP contribution in [0.5, 0.6) is 0 Å². The van der Waals surface area contributed by atoms with Crippen molar-refractivity contribution in [1.82, 2.24) is 29.8 Å². The van der Waals surface area contributed by atoms with Crippen LogP contribution in [-0.2, 0) is 11.3 Å². The molecule has 29 heavy (non-hydrogen) atoms. The van der Waals surface area contributed by atoms with Crippen LogP contribution in [0, 0.1) is 0 Å². The topological polar surface area (TPSA) is 93.5 Å². The van der Waals surface area contributed by atoms with Gasteiger partial charge in [0.15, 0.2) is 5.69 Å². The summed E-state index contributed by atoms with van der Waals surface area (Å²) in [7, 11) is 0. The van der Waals surface area contributed by atoms with Gasteiger partial charge in [-0.1, -0.05) is 5.21 Å². The first-order valence-electron chi connectivity index (χ1n) is 10.2. The normalized spacial score (nSPS) is 19.9. The number of hydrogen-bond donors (Lipinski definition) is 0. The quantitative estimate of drug-likeness (QED) is 0.752. The number of rotatable bonds is 5. The molecule has 154 valence electrons. The molecule has 2 aromatic rings. The number of aromatic nitrogens is 4. The summed E-state index contributed by atoms with van der Waals surface area (Å²) in [6, 6.07) is 3.68. The monoisotopic (exact) mass is 398 g/mol. The largest absolute Gasteiger partial charge is 0.378 e. The third-order valence-electron chi connectivity index (χ3n) is 5.56. The Morgan fingerprint density at radius 2 is 1.86 bits per heavy atom. The zero-order valence-electron chi connectivity index (χ0n) is 16.4. The van der Waals surface area contributed by atoms with E-state index in [0.717, 1.165) is 32.2 Å². The number of likely N-dealkylation sites (tertiary alicyclic amines) is 1. The minimum absolute atomic E-state index is 0.0545. The molecule has 2 amide bonds. The van der Waals surface area contributed by atoms with Crippen LogP contribution in [0.3, 0.4) is 0 Å². The van der Waals surface area contributed by atoms with Gasteiger partial charge in [-0.2, -0.15) is 0 Å². The lowest BCUT2D eigenvalue weighted by Crippen LogP contribution is -2.44. The number of nitrogens with zero attached hydrogens (tertiary/aromatic N) is 6. The number of piperidine rings is 1. The van der Waals surface area contributed by atoms with E-state index in [9.17, 15) is 9.59 Å². The second-order valence-corrected chi connectivity index (χ2v) is 7.44. The van der Waals surface area contributed by atoms with E-state index in [2.05, 4.69) is 15.3 Å². The third kappa shape index (κ3) is 4.61. The molecule has 0 saturated carbocycles. The second-order valence-electron chi connectivity index (χ2n) is 7.44. The van der Waals surface area contributed by atoms with Crippen molar-refractivity contribution >= 4 is 11.8 Å². The minimum atomic E-state index is -0.105. The first-order chi connectivity index (χ1) is 14.2. The molecule has 9 heteroatoms. The number of carbonyl (C=O) groups excluding carboxylic acids is 2. The lowest BCUT2D eigenvalue weighted by molar-refractivity contribution is 0.0299. The Morgan fingerprint density at radius 1 is 1.07 bits per heavy atom. The molecule has 1 unspecified atom stereocenters. The van der Waals surface area contributed by atoms with Crippen LogP contribution in [0.15, 0.2) is 30.7 Å². The van der Waals surface area contributed by atoms with E-state index in [4.69, 9.17) is 4.74 Å². The van der Waals surface area contributed by atoms with Crippen LogP contribution in [0.2, 0.25) is 0 Å². The van der Waals surface area contributed by atoms with Gasteiger partial charge in [0.05, 0.1) is 19.4 Å². The number of carbonyl (C=O) groups is 2. The number of morpholine rings is 1. The van der Waals surface area contributed by atoms with Gasteiger partial charge < -0.3 is 14.5 Å². The summed E-state index contributed by atoms with van der Waals surface area (Å²) in [5, 5.41) is 8.17. The molecule has 1 atom stereocenters. The van der Waals surface area contributed by atoms with Gasteiger partial charge in [-0.3, -0.25) is 19.3 Å². The van der Waals surface area contributed by atoms with Gasteiger partial charge in [0, 0.05) is 50.2 Å². The Balaban J connectivity index is 1.37. The van der Waals surface area contributed by atoms with Crippen LogP contribution in [0.25, 0.3) is 0 Å². The molecule has 2 aliphatic rings. The van der Waals surface area contributed by atoms with E-state index in [0.29, 0.717) is 44.1 Å². The lowest BCUT2D eigenvalue weighted by Gasteiger charge is -2.36. The average Bonchev–Trinajstić information content (AvgIpc) is 3.27. The SMILES string of the molecule is O=C(c1cn(CCC2CCCCN2C(=O)c2ccncc2)nn1)N1CCOCC1. The highest BCUT2D eigenvalue weighted by Gasteiger charge is 2.27. The van der Waals surface area contributed by atoms with Crippen molar-refractivity contribution in [3.8, 4) is 0 Å². The number of pyridine rings is 1. The maximum atomic E-state index is 12.9. The summed E-state index contributed by atoms with van der Waals surface area (Å²) in [4.78, 5) is 33.1. The van der Waals surface area contributed by atoms with E-state index in [-0.39, 0.29) is 17.9 Å². The van der Waals surface area contributed by atoms with Crippen LogP contribution in [-0.4, -0.2) is 80.5 Å². The van der Waals surface area contributed by atoms with Crippen molar-refractivity contribution in [1.29, 1.82) is 0 Å². The van der Waals surface area contributed by atoms with Crippen LogP contribution in [0.1, 0.15) is 46.5 Å². The van der Waals surface area contributed by atoms with E-state index in [1.165, 1.54) is 0 Å². The molecule has 4 rings (SSSR count). The zero-order valence-corrected chi connectivity index (χ0v) is 16.4. The third-order valence-corrected chi connectivity index (χ3v) is 5.56. The van der Waals surface area contributed by atoms with Gasteiger partial charge in [-0.15, -0.1) is 5.10 Å². The summed E-state index contributed by atoms with van der Waals surface area (Å²) in [5.74, 6) is -0.0504. The number of amides is 2. The molecular formula is C20H26N6O3. The smallest absolute Gasteiger partial charge is 0.276 e. The predicted molar refractivity (Wildman–Crippen MR) is 104 cm³/mol. The van der Waals surface area contributed by atoms with Gasteiger partial charge in [0.25, 0.3) is 11.8 Å². The molecule has 2 aliphatic heterocycles. The summed E-state index contributed by atoms with van der Waals surface area (Å²) < 4.78 is 6.99. The standard InChI is InChI=1S/C20H26N6O3/c27-19(16-4-7-21-8-5-16)26-9-2-1-3-17(26)6-10-25-15-18(22-23-25)20(28)24-11-13-29-14-12-24/h4-5,7-8,15,17H,1-3,6,9-14H2. The van der Waals surface area contributed by atoms with Gasteiger partial charge in [-0.05, 0) is 37.8 Å². The molecule has 9 nitrogen and oxygen atoms in total. The molecule has 4 heterocycles. The Morgan fingerprint density at radius 3 is 2.66 bits per heavy atom. The van der Waals surface area contributed by atoms with Crippen molar-refractivity contribution in [2.24, 2.45) is 0 Å². The van der Waals surface area contributed by atoms with Gasteiger partial charge in [0.2, 0.25) is 0 Å². The summed E-state index contributed by atoms with van der Waals surface area (Å²) in [6.45, 7) is 3.67. The van der Waals surface area contributed by atoms with Crippen LogP contribution < -0.4 is 0 Å². The highest BCUT2D eigenvalue weighted by molar-refractivity contribution is 5.94. The maximum Gasteiger partial charge on any atom is 0.276 e. The summed E-state index contributed by atoms with van der Waals surface area (Å²) in [6.07, 6.45) is 8.90. The highest BCUT2D eigenvalue weighted by Crippen LogP contribution is 2.22. The van der Waals surface area contributed by atoms with Crippen molar-refractivity contribution in [3.05, 3.63) is 42.0 Å². The first kappa shape index (κ1) is 19.5. The second kappa shape index (κ2) is 9.13. The minimum Gasteiger partial charge on any atom is -0.378 e. The lowest BCUT2D eigenvalue weighted by atomic mass is 9.98. The van der Waals surface area contributed by atoms with Crippen LogP contribution >= 0.6 is 0 Å². The molecule has 0 spiro atoms. The molecule has 0 aromatic carbocycles. The van der Waals surface area contributed by atoms with E-state index < -0.39 is 0 Å². The first-order valence-corrected chi connectivity index (χ1v) is 10.2.